The lowest BCUT2D eigenvalue weighted by molar-refractivity contribution is -0.115. The number of aromatic nitrogens is 1. The van der Waals surface area contributed by atoms with Crippen molar-refractivity contribution in [2.45, 2.75) is 18.2 Å². The first kappa shape index (κ1) is 19.2. The highest BCUT2D eigenvalue weighted by atomic mass is 32.2. The summed E-state index contributed by atoms with van der Waals surface area (Å²) < 4.78 is 36.1. The van der Waals surface area contributed by atoms with E-state index in [0.29, 0.717) is 11.4 Å². The monoisotopic (exact) mass is 404 g/mol. The minimum absolute atomic E-state index is 0.117. The van der Waals surface area contributed by atoms with Crippen LogP contribution in [0.1, 0.15) is 9.88 Å². The lowest BCUT2D eigenvalue weighted by Gasteiger charge is -2.06. The van der Waals surface area contributed by atoms with Crippen LogP contribution in [0, 0.1) is 12.7 Å². The van der Waals surface area contributed by atoms with Gasteiger partial charge in [-0.25, -0.2) is 17.8 Å². The summed E-state index contributed by atoms with van der Waals surface area (Å²) in [5.41, 5.74) is 1.93. The molecule has 0 atom stereocenters. The van der Waals surface area contributed by atoms with E-state index in [9.17, 15) is 17.6 Å². The van der Waals surface area contributed by atoms with Crippen molar-refractivity contribution in [1.82, 2.24) is 4.98 Å². The molecule has 1 heterocycles. The molecule has 27 heavy (non-hydrogen) atoms. The zero-order valence-electron chi connectivity index (χ0n) is 14.7. The van der Waals surface area contributed by atoms with Gasteiger partial charge in [-0.1, -0.05) is 0 Å². The van der Waals surface area contributed by atoms with Gasteiger partial charge in [-0.05, 0) is 55.5 Å². The second-order valence-electron chi connectivity index (χ2n) is 6.03. The normalized spacial score (nSPS) is 11.4. The van der Waals surface area contributed by atoms with Gasteiger partial charge in [0.2, 0.25) is 5.91 Å². The van der Waals surface area contributed by atoms with Crippen molar-refractivity contribution in [3.05, 3.63) is 64.2 Å². The minimum Gasteiger partial charge on any atom is -0.326 e. The Morgan fingerprint density at radius 3 is 2.33 bits per heavy atom. The summed E-state index contributed by atoms with van der Waals surface area (Å²) in [6.45, 7) is 1.85. The molecule has 0 aliphatic carbocycles. The van der Waals surface area contributed by atoms with Crippen molar-refractivity contribution >= 4 is 32.8 Å². The predicted molar refractivity (Wildman–Crippen MR) is 104 cm³/mol. The van der Waals surface area contributed by atoms with Gasteiger partial charge in [0, 0.05) is 22.4 Å². The number of anilines is 1. The van der Waals surface area contributed by atoms with Gasteiger partial charge < -0.3 is 5.32 Å². The van der Waals surface area contributed by atoms with Crippen molar-refractivity contribution < 1.29 is 17.6 Å². The molecule has 5 nitrogen and oxygen atoms in total. The molecule has 2 aromatic carbocycles. The Balaban J connectivity index is 1.76. The third-order valence-corrected chi connectivity index (χ3v) is 5.91. The molecule has 0 unspecified atom stereocenters. The second kappa shape index (κ2) is 7.58. The van der Waals surface area contributed by atoms with Crippen LogP contribution in [0.3, 0.4) is 0 Å². The molecule has 0 spiro atoms. The molecule has 1 amide bonds. The fourth-order valence-corrected chi connectivity index (χ4v) is 4.15. The molecule has 8 heteroatoms. The van der Waals surface area contributed by atoms with Gasteiger partial charge in [-0.2, -0.15) is 0 Å². The number of aryl methyl sites for hydroxylation is 1. The number of carbonyl (C=O) groups excluding carboxylic acids is 1. The van der Waals surface area contributed by atoms with Crippen LogP contribution in [0.5, 0.6) is 0 Å². The number of rotatable bonds is 5. The Morgan fingerprint density at radius 2 is 1.74 bits per heavy atom. The van der Waals surface area contributed by atoms with Crippen LogP contribution in [0.25, 0.3) is 11.3 Å². The Bertz CT molecular complexity index is 1070. The maximum Gasteiger partial charge on any atom is 0.229 e. The number of amides is 1. The average Bonchev–Trinajstić information content (AvgIpc) is 2.95. The van der Waals surface area contributed by atoms with E-state index < -0.39 is 9.84 Å². The molecule has 0 saturated carbocycles. The first-order chi connectivity index (χ1) is 12.7. The van der Waals surface area contributed by atoms with Crippen molar-refractivity contribution in [3.63, 3.8) is 0 Å². The number of benzene rings is 2. The van der Waals surface area contributed by atoms with E-state index in [2.05, 4.69) is 10.3 Å². The quantitative estimate of drug-likeness (QED) is 0.701. The number of halogens is 1. The van der Waals surface area contributed by atoms with Crippen LogP contribution in [0.15, 0.2) is 53.4 Å². The molecule has 140 valence electrons. The van der Waals surface area contributed by atoms with Crippen LogP contribution < -0.4 is 5.32 Å². The molecular formula is C19H17FN2O3S2. The number of carbonyl (C=O) groups is 1. The molecule has 0 bridgehead atoms. The largest absolute Gasteiger partial charge is 0.326 e. The Morgan fingerprint density at radius 1 is 1.11 bits per heavy atom. The summed E-state index contributed by atoms with van der Waals surface area (Å²) in [4.78, 5) is 17.8. The Kier molecular flexibility index (Phi) is 5.38. The highest BCUT2D eigenvalue weighted by Crippen LogP contribution is 2.29. The van der Waals surface area contributed by atoms with Gasteiger partial charge in [0.15, 0.2) is 9.84 Å². The van der Waals surface area contributed by atoms with E-state index in [0.717, 1.165) is 21.7 Å². The van der Waals surface area contributed by atoms with Crippen LogP contribution in [-0.4, -0.2) is 25.6 Å². The van der Waals surface area contributed by atoms with E-state index in [4.69, 9.17) is 0 Å². The summed E-state index contributed by atoms with van der Waals surface area (Å²) >= 11 is 1.41. The average molecular weight is 404 g/mol. The predicted octanol–water partition coefficient (Wildman–Crippen LogP) is 3.84. The van der Waals surface area contributed by atoms with Gasteiger partial charge in [0.05, 0.1) is 22.0 Å². The number of thiazole rings is 1. The van der Waals surface area contributed by atoms with Crippen LogP contribution in [0.4, 0.5) is 10.1 Å². The Labute approximate surface area is 160 Å². The summed E-state index contributed by atoms with van der Waals surface area (Å²) in [5, 5.41) is 3.57. The first-order valence-corrected chi connectivity index (χ1v) is 10.8. The summed E-state index contributed by atoms with van der Waals surface area (Å²) in [6.07, 6.45) is 1.25. The minimum atomic E-state index is -3.28. The van der Waals surface area contributed by atoms with Crippen molar-refractivity contribution in [3.8, 4) is 11.3 Å². The third kappa shape index (κ3) is 4.78. The van der Waals surface area contributed by atoms with Gasteiger partial charge in [0.1, 0.15) is 5.82 Å². The number of hydrogen-bond acceptors (Lipinski definition) is 5. The van der Waals surface area contributed by atoms with Crippen molar-refractivity contribution in [2.75, 3.05) is 11.6 Å². The number of hydrogen-bond donors (Lipinski definition) is 1. The highest BCUT2D eigenvalue weighted by Gasteiger charge is 2.15. The first-order valence-electron chi connectivity index (χ1n) is 8.04. The maximum absolute atomic E-state index is 13.1. The lowest BCUT2D eigenvalue weighted by Crippen LogP contribution is -2.14. The molecule has 1 N–H and O–H groups in total. The summed E-state index contributed by atoms with van der Waals surface area (Å²) in [6, 6.07) is 12.0. The fourth-order valence-electron chi connectivity index (χ4n) is 2.56. The number of nitrogens with zero attached hydrogens (tertiary/aromatic N) is 1. The fraction of sp³-hybridized carbons (Fsp3) is 0.158. The van der Waals surface area contributed by atoms with E-state index in [1.165, 1.54) is 35.6 Å². The molecule has 0 saturated heterocycles. The second-order valence-corrected chi connectivity index (χ2v) is 9.34. The highest BCUT2D eigenvalue weighted by molar-refractivity contribution is 7.90. The van der Waals surface area contributed by atoms with Gasteiger partial charge in [-0.15, -0.1) is 11.3 Å². The van der Waals surface area contributed by atoms with Gasteiger partial charge in [0.25, 0.3) is 0 Å². The molecule has 0 fully saturated rings. The van der Waals surface area contributed by atoms with Crippen molar-refractivity contribution in [2.24, 2.45) is 0 Å². The smallest absolute Gasteiger partial charge is 0.229 e. The zero-order valence-corrected chi connectivity index (χ0v) is 16.3. The zero-order chi connectivity index (χ0) is 19.6. The summed E-state index contributed by atoms with van der Waals surface area (Å²) in [7, 11) is -3.28. The van der Waals surface area contributed by atoms with E-state index in [-0.39, 0.29) is 23.0 Å². The lowest BCUT2D eigenvalue weighted by atomic mass is 10.1. The van der Waals surface area contributed by atoms with Gasteiger partial charge >= 0.3 is 0 Å². The van der Waals surface area contributed by atoms with Crippen molar-refractivity contribution in [1.29, 1.82) is 0 Å². The van der Waals surface area contributed by atoms with E-state index >= 15 is 0 Å². The molecule has 0 aliphatic rings. The molecule has 0 radical (unpaired) electrons. The molecule has 3 aromatic rings. The molecule has 3 rings (SSSR count). The molecule has 0 aliphatic heterocycles. The van der Waals surface area contributed by atoms with Gasteiger partial charge in [-0.3, -0.25) is 4.79 Å². The van der Waals surface area contributed by atoms with Crippen LogP contribution >= 0.6 is 11.3 Å². The van der Waals surface area contributed by atoms with Crippen LogP contribution in [-0.2, 0) is 21.1 Å². The maximum atomic E-state index is 13.1. The summed E-state index contributed by atoms with van der Waals surface area (Å²) in [5.74, 6) is -0.573. The molecular weight excluding hydrogens is 387 g/mol. The van der Waals surface area contributed by atoms with E-state index in [1.54, 1.807) is 24.3 Å². The van der Waals surface area contributed by atoms with Crippen LogP contribution in [0.2, 0.25) is 0 Å². The molecule has 1 aromatic heterocycles. The number of sulfone groups is 1. The standard InChI is InChI=1S/C19H17FN2O3S2/c1-12-21-19(13-3-5-14(20)6-4-13)17(26-12)11-18(23)22-15-7-9-16(10-8-15)27(2,24)25/h3-10H,11H2,1-2H3,(H,22,23). The third-order valence-electron chi connectivity index (χ3n) is 3.81. The SMILES string of the molecule is Cc1nc(-c2ccc(F)cc2)c(CC(=O)Nc2ccc(S(C)(=O)=O)cc2)s1. The number of nitrogens with one attached hydrogen (secondary N) is 1. The Hall–Kier alpha value is -2.58. The van der Waals surface area contributed by atoms with E-state index in [1.807, 2.05) is 6.92 Å². The topological polar surface area (TPSA) is 76.1 Å².